The fourth-order valence-electron chi connectivity index (χ4n) is 1.25. The molecule has 0 amide bonds. The van der Waals surface area contributed by atoms with E-state index in [0.29, 0.717) is 5.95 Å². The highest BCUT2D eigenvalue weighted by atomic mass is 15.1. The largest absolute Gasteiger partial charge is 0.354 e. The number of nitrogens with one attached hydrogen (secondary N) is 1. The van der Waals surface area contributed by atoms with Gasteiger partial charge in [0.15, 0.2) is 0 Å². The Morgan fingerprint density at radius 3 is 2.62 bits per heavy atom. The molecule has 2 rings (SSSR count). The van der Waals surface area contributed by atoms with E-state index >= 15 is 0 Å². The Bertz CT molecular complexity index is 426. The molecule has 0 saturated carbocycles. The van der Waals surface area contributed by atoms with Crippen molar-refractivity contribution < 1.29 is 0 Å². The van der Waals surface area contributed by atoms with Crippen LogP contribution >= 0.6 is 0 Å². The van der Waals surface area contributed by atoms with Crippen LogP contribution in [0.5, 0.6) is 0 Å². The van der Waals surface area contributed by atoms with Crippen LogP contribution in [-0.2, 0) is 0 Å². The molecule has 2 heterocycles. The molecule has 82 valence electrons. The van der Waals surface area contributed by atoms with E-state index in [0.717, 1.165) is 24.2 Å². The maximum Gasteiger partial charge on any atom is 0.222 e. The lowest BCUT2D eigenvalue weighted by molar-refractivity contribution is 0.952. The van der Waals surface area contributed by atoms with Crippen LogP contribution in [0.2, 0.25) is 0 Å². The minimum atomic E-state index is 0.652. The summed E-state index contributed by atoms with van der Waals surface area (Å²) in [4.78, 5) is 16.4. The van der Waals surface area contributed by atoms with Gasteiger partial charge in [0.2, 0.25) is 5.95 Å². The van der Waals surface area contributed by atoms with Gasteiger partial charge in [0.05, 0.1) is 5.69 Å². The first-order valence-corrected chi connectivity index (χ1v) is 5.22. The Hall–Kier alpha value is -2.04. The molecule has 0 atom stereocenters. The molecule has 2 aromatic rings. The summed E-state index contributed by atoms with van der Waals surface area (Å²) in [6, 6.07) is 1.83. The van der Waals surface area contributed by atoms with Crippen LogP contribution < -0.4 is 5.32 Å². The van der Waals surface area contributed by atoms with Crippen molar-refractivity contribution in [2.45, 2.75) is 13.3 Å². The van der Waals surface area contributed by atoms with Gasteiger partial charge < -0.3 is 5.32 Å². The molecule has 0 aliphatic rings. The average Bonchev–Trinajstić information content (AvgIpc) is 2.38. The van der Waals surface area contributed by atoms with Crippen molar-refractivity contribution in [3.05, 3.63) is 31.0 Å². The molecule has 1 N–H and O–H groups in total. The summed E-state index contributed by atoms with van der Waals surface area (Å²) in [5.41, 5.74) is 1.72. The number of anilines is 1. The summed E-state index contributed by atoms with van der Waals surface area (Å²) in [5, 5.41) is 3.12. The van der Waals surface area contributed by atoms with E-state index in [4.69, 9.17) is 0 Å². The van der Waals surface area contributed by atoms with Gasteiger partial charge >= 0.3 is 0 Å². The van der Waals surface area contributed by atoms with Crippen molar-refractivity contribution in [2.24, 2.45) is 0 Å². The number of aromatic nitrogens is 4. The molecule has 0 spiro atoms. The maximum atomic E-state index is 4.21. The molecular formula is C11H13N5. The van der Waals surface area contributed by atoms with Gasteiger partial charge in [-0.1, -0.05) is 6.92 Å². The molecule has 0 fully saturated rings. The van der Waals surface area contributed by atoms with E-state index in [-0.39, 0.29) is 0 Å². The highest BCUT2D eigenvalue weighted by molar-refractivity contribution is 5.56. The molecule has 5 heteroatoms. The Morgan fingerprint density at radius 2 is 2.00 bits per heavy atom. The molecule has 0 aliphatic carbocycles. The molecule has 16 heavy (non-hydrogen) atoms. The molecule has 2 aromatic heterocycles. The second-order valence-corrected chi connectivity index (χ2v) is 3.32. The minimum Gasteiger partial charge on any atom is -0.354 e. The van der Waals surface area contributed by atoms with Gasteiger partial charge in [-0.25, -0.2) is 19.9 Å². The van der Waals surface area contributed by atoms with Gasteiger partial charge in [-0.2, -0.15) is 0 Å². The highest BCUT2D eigenvalue weighted by Gasteiger charge is 2.00. The van der Waals surface area contributed by atoms with Crippen LogP contribution in [0.25, 0.3) is 11.3 Å². The molecule has 0 unspecified atom stereocenters. The minimum absolute atomic E-state index is 0.652. The van der Waals surface area contributed by atoms with Gasteiger partial charge in [-0.05, 0) is 12.5 Å². The van der Waals surface area contributed by atoms with Crippen LogP contribution in [0.1, 0.15) is 13.3 Å². The number of hydrogen-bond acceptors (Lipinski definition) is 5. The highest BCUT2D eigenvalue weighted by Crippen LogP contribution is 2.13. The molecule has 5 nitrogen and oxygen atoms in total. The van der Waals surface area contributed by atoms with Crippen molar-refractivity contribution in [1.29, 1.82) is 0 Å². The topological polar surface area (TPSA) is 63.6 Å². The summed E-state index contributed by atoms with van der Waals surface area (Å²) >= 11 is 0. The van der Waals surface area contributed by atoms with E-state index in [9.17, 15) is 0 Å². The standard InChI is InChI=1S/C11H13N5/c1-2-4-13-11-14-6-9(7-15-11)10-3-5-12-8-16-10/h3,5-8H,2,4H2,1H3,(H,13,14,15). The van der Waals surface area contributed by atoms with Crippen LogP contribution in [0, 0.1) is 0 Å². The summed E-state index contributed by atoms with van der Waals surface area (Å²) in [7, 11) is 0. The third kappa shape index (κ3) is 2.50. The summed E-state index contributed by atoms with van der Waals surface area (Å²) in [6.45, 7) is 2.98. The van der Waals surface area contributed by atoms with Crippen LogP contribution in [0.15, 0.2) is 31.0 Å². The van der Waals surface area contributed by atoms with E-state index in [2.05, 4.69) is 32.2 Å². The first-order valence-electron chi connectivity index (χ1n) is 5.22. The third-order valence-electron chi connectivity index (χ3n) is 2.06. The summed E-state index contributed by atoms with van der Waals surface area (Å²) in [5.74, 6) is 0.652. The second kappa shape index (κ2) is 5.16. The Balaban J connectivity index is 2.13. The predicted molar refractivity (Wildman–Crippen MR) is 61.8 cm³/mol. The SMILES string of the molecule is CCCNc1ncc(-c2ccncn2)cn1. The lowest BCUT2D eigenvalue weighted by Crippen LogP contribution is -2.03. The third-order valence-corrected chi connectivity index (χ3v) is 2.06. The van der Waals surface area contributed by atoms with Crippen molar-refractivity contribution in [3.8, 4) is 11.3 Å². The van der Waals surface area contributed by atoms with Crippen molar-refractivity contribution in [3.63, 3.8) is 0 Å². The number of rotatable bonds is 4. The summed E-state index contributed by atoms with van der Waals surface area (Å²) < 4.78 is 0. The molecule has 0 aliphatic heterocycles. The van der Waals surface area contributed by atoms with Crippen LogP contribution in [0.3, 0.4) is 0 Å². The molecular weight excluding hydrogens is 202 g/mol. The predicted octanol–water partition coefficient (Wildman–Crippen LogP) is 1.76. The average molecular weight is 215 g/mol. The van der Waals surface area contributed by atoms with Crippen LogP contribution in [0.4, 0.5) is 5.95 Å². The fraction of sp³-hybridized carbons (Fsp3) is 0.273. The zero-order valence-electron chi connectivity index (χ0n) is 9.09. The summed E-state index contributed by atoms with van der Waals surface area (Å²) in [6.07, 6.45) is 7.78. The second-order valence-electron chi connectivity index (χ2n) is 3.32. The van der Waals surface area contributed by atoms with Crippen LogP contribution in [-0.4, -0.2) is 26.5 Å². The molecule has 0 aromatic carbocycles. The molecule has 0 bridgehead atoms. The van der Waals surface area contributed by atoms with E-state index < -0.39 is 0 Å². The quantitative estimate of drug-likeness (QED) is 0.841. The normalized spacial score (nSPS) is 10.1. The zero-order valence-corrected chi connectivity index (χ0v) is 9.09. The number of nitrogens with zero attached hydrogens (tertiary/aromatic N) is 4. The van der Waals surface area contributed by atoms with Gasteiger partial charge in [0.25, 0.3) is 0 Å². The van der Waals surface area contributed by atoms with Gasteiger partial charge in [-0.15, -0.1) is 0 Å². The Kier molecular flexibility index (Phi) is 3.38. The van der Waals surface area contributed by atoms with E-state index in [1.54, 1.807) is 18.6 Å². The molecule has 0 saturated heterocycles. The van der Waals surface area contributed by atoms with Gasteiger partial charge in [0.1, 0.15) is 6.33 Å². The fourth-order valence-corrected chi connectivity index (χ4v) is 1.25. The Labute approximate surface area is 94.0 Å². The van der Waals surface area contributed by atoms with Crippen molar-refractivity contribution in [1.82, 2.24) is 19.9 Å². The smallest absolute Gasteiger partial charge is 0.222 e. The maximum absolute atomic E-state index is 4.21. The van der Waals surface area contributed by atoms with E-state index in [1.165, 1.54) is 6.33 Å². The van der Waals surface area contributed by atoms with Gasteiger partial charge in [-0.3, -0.25) is 0 Å². The lowest BCUT2D eigenvalue weighted by atomic mass is 10.2. The van der Waals surface area contributed by atoms with Crippen molar-refractivity contribution >= 4 is 5.95 Å². The molecule has 0 radical (unpaired) electrons. The monoisotopic (exact) mass is 215 g/mol. The lowest BCUT2D eigenvalue weighted by Gasteiger charge is -2.03. The van der Waals surface area contributed by atoms with E-state index in [1.807, 2.05) is 6.07 Å². The first-order chi connectivity index (χ1) is 7.90. The van der Waals surface area contributed by atoms with Gasteiger partial charge in [0, 0.05) is 30.7 Å². The zero-order chi connectivity index (χ0) is 11.2. The van der Waals surface area contributed by atoms with Crippen molar-refractivity contribution in [2.75, 3.05) is 11.9 Å². The number of hydrogen-bond donors (Lipinski definition) is 1. The first kappa shape index (κ1) is 10.5. The Morgan fingerprint density at radius 1 is 1.19 bits per heavy atom.